The molecule has 0 aliphatic heterocycles. The predicted molar refractivity (Wildman–Crippen MR) is 381 cm³/mol. The normalized spacial score (nSPS) is 14.4. The van der Waals surface area contributed by atoms with Gasteiger partial charge in [-0.2, -0.15) is 0 Å². The molecule has 558 valence electrons. The molecule has 94 heavy (non-hydrogen) atoms. The van der Waals surface area contributed by atoms with Gasteiger partial charge in [-0.25, -0.2) is 9.13 Å². The van der Waals surface area contributed by atoms with Gasteiger partial charge in [0.25, 0.3) is 0 Å². The van der Waals surface area contributed by atoms with E-state index in [2.05, 4.69) is 48.5 Å². The van der Waals surface area contributed by atoms with Crippen LogP contribution in [0.15, 0.2) is 0 Å². The van der Waals surface area contributed by atoms with Gasteiger partial charge >= 0.3 is 39.5 Å². The Bertz CT molecular complexity index is 1840. The van der Waals surface area contributed by atoms with Gasteiger partial charge in [0.15, 0.2) is 12.2 Å². The van der Waals surface area contributed by atoms with Crippen LogP contribution in [0.3, 0.4) is 0 Å². The number of esters is 4. The summed E-state index contributed by atoms with van der Waals surface area (Å²) >= 11 is 0. The second-order valence-corrected chi connectivity index (χ2v) is 31.1. The maximum Gasteiger partial charge on any atom is 0.472 e. The number of aliphatic hydroxyl groups is 1. The zero-order valence-corrected chi connectivity index (χ0v) is 63.2. The van der Waals surface area contributed by atoms with Crippen LogP contribution in [0.2, 0.25) is 0 Å². The zero-order chi connectivity index (χ0) is 69.4. The Balaban J connectivity index is 5.24. The molecule has 0 radical (unpaired) electrons. The summed E-state index contributed by atoms with van der Waals surface area (Å²) in [6.07, 6.45) is 51.3. The second kappa shape index (κ2) is 65.7. The van der Waals surface area contributed by atoms with E-state index in [1.54, 1.807) is 0 Å². The second-order valence-electron chi connectivity index (χ2n) is 28.2. The molecule has 17 nitrogen and oxygen atoms in total. The molecule has 3 N–H and O–H groups in total. The van der Waals surface area contributed by atoms with E-state index < -0.39 is 97.5 Å². The average Bonchev–Trinajstić information content (AvgIpc) is 1.55. The number of aliphatic hydroxyl groups excluding tert-OH is 1. The van der Waals surface area contributed by atoms with Crippen molar-refractivity contribution in [1.82, 2.24) is 0 Å². The maximum atomic E-state index is 13.1. The van der Waals surface area contributed by atoms with Crippen LogP contribution >= 0.6 is 15.6 Å². The first-order valence-corrected chi connectivity index (χ1v) is 41.9. The number of rotatable bonds is 73. The highest BCUT2D eigenvalue weighted by atomic mass is 31.2. The number of carbonyl (C=O) groups is 4. The maximum absolute atomic E-state index is 13.1. The summed E-state index contributed by atoms with van der Waals surface area (Å²) in [4.78, 5) is 72.7. The van der Waals surface area contributed by atoms with Crippen LogP contribution in [0.5, 0.6) is 0 Å². The molecule has 0 spiro atoms. The van der Waals surface area contributed by atoms with Gasteiger partial charge in [0.2, 0.25) is 0 Å². The van der Waals surface area contributed by atoms with Crippen LogP contribution in [-0.4, -0.2) is 96.7 Å². The third kappa shape index (κ3) is 67.3. The van der Waals surface area contributed by atoms with Crippen LogP contribution in [0, 0.1) is 17.8 Å². The van der Waals surface area contributed by atoms with Crippen molar-refractivity contribution in [3.63, 3.8) is 0 Å². The summed E-state index contributed by atoms with van der Waals surface area (Å²) < 4.78 is 68.5. The Labute approximate surface area is 575 Å². The molecule has 0 heterocycles. The number of hydrogen-bond acceptors (Lipinski definition) is 15. The zero-order valence-electron chi connectivity index (χ0n) is 61.4. The van der Waals surface area contributed by atoms with Gasteiger partial charge in [-0.1, -0.05) is 331 Å². The lowest BCUT2D eigenvalue weighted by Gasteiger charge is -2.21. The van der Waals surface area contributed by atoms with Crippen LogP contribution in [-0.2, 0) is 65.4 Å². The molecule has 0 amide bonds. The monoisotopic (exact) mass is 1380 g/mol. The van der Waals surface area contributed by atoms with Crippen LogP contribution in [0.4, 0.5) is 0 Å². The Morgan fingerprint density at radius 1 is 0.309 bits per heavy atom. The largest absolute Gasteiger partial charge is 0.472 e. The highest BCUT2D eigenvalue weighted by molar-refractivity contribution is 7.47. The SMILES string of the molecule is CCCCCCCCCCCCCCCCC(=O)O[C@H](COC(=O)CCCCCCCCC(C)C)COP(=O)(O)OC[C@H](O)COP(=O)(O)OC[C@@H](COC(=O)CCCCCCCCCCCCC(C)CC)OC(=O)CCCCCCCCCCCCCCCCC(C)C. The lowest BCUT2D eigenvalue weighted by atomic mass is 9.99. The van der Waals surface area contributed by atoms with Crippen molar-refractivity contribution in [3.8, 4) is 0 Å². The van der Waals surface area contributed by atoms with Gasteiger partial charge in [0.05, 0.1) is 26.4 Å². The fourth-order valence-corrected chi connectivity index (χ4v) is 13.0. The molecule has 6 atom stereocenters. The third-order valence-corrected chi connectivity index (χ3v) is 19.6. The molecule has 0 rings (SSSR count). The lowest BCUT2D eigenvalue weighted by Crippen LogP contribution is -2.30. The molecular formula is C75H146O17P2. The first kappa shape index (κ1) is 92.1. The number of carbonyl (C=O) groups excluding carboxylic acids is 4. The van der Waals surface area contributed by atoms with Gasteiger partial charge in [0, 0.05) is 25.7 Å². The topological polar surface area (TPSA) is 237 Å². The van der Waals surface area contributed by atoms with E-state index in [1.807, 2.05) is 0 Å². The van der Waals surface area contributed by atoms with Gasteiger partial charge in [-0.3, -0.25) is 37.3 Å². The number of unbranched alkanes of at least 4 members (excludes halogenated alkanes) is 40. The number of ether oxygens (including phenoxy) is 4. The quantitative estimate of drug-likeness (QED) is 0.0222. The van der Waals surface area contributed by atoms with E-state index in [0.717, 1.165) is 108 Å². The molecule has 0 aromatic heterocycles. The van der Waals surface area contributed by atoms with Gasteiger partial charge in [-0.05, 0) is 43.4 Å². The Hall–Kier alpha value is -1.94. The molecule has 0 aromatic rings. The summed E-state index contributed by atoms with van der Waals surface area (Å²) in [6.45, 7) is 11.9. The van der Waals surface area contributed by atoms with E-state index in [0.29, 0.717) is 31.6 Å². The average molecular weight is 1380 g/mol. The molecule has 0 aliphatic carbocycles. The van der Waals surface area contributed by atoms with E-state index in [-0.39, 0.29) is 25.7 Å². The number of hydrogen-bond donors (Lipinski definition) is 3. The third-order valence-electron chi connectivity index (χ3n) is 17.7. The highest BCUT2D eigenvalue weighted by Crippen LogP contribution is 2.45. The first-order valence-electron chi connectivity index (χ1n) is 38.9. The molecule has 0 fully saturated rings. The molecular weight excluding hydrogens is 1230 g/mol. The van der Waals surface area contributed by atoms with Crippen molar-refractivity contribution >= 4 is 39.5 Å². The molecule has 3 unspecified atom stereocenters. The first-order chi connectivity index (χ1) is 45.3. The van der Waals surface area contributed by atoms with Crippen molar-refractivity contribution < 1.29 is 80.2 Å². The minimum Gasteiger partial charge on any atom is -0.462 e. The summed E-state index contributed by atoms with van der Waals surface area (Å²) in [5.74, 6) is 0.165. The molecule has 19 heteroatoms. The summed E-state index contributed by atoms with van der Waals surface area (Å²) in [7, 11) is -9.91. The molecule has 0 saturated carbocycles. The van der Waals surface area contributed by atoms with Crippen molar-refractivity contribution in [2.45, 2.75) is 401 Å². The Morgan fingerprint density at radius 3 is 0.809 bits per heavy atom. The predicted octanol–water partition coefficient (Wildman–Crippen LogP) is 21.8. The molecule has 0 bridgehead atoms. The minimum absolute atomic E-state index is 0.107. The fourth-order valence-electron chi connectivity index (χ4n) is 11.4. The van der Waals surface area contributed by atoms with Crippen LogP contribution < -0.4 is 0 Å². The van der Waals surface area contributed by atoms with Crippen LogP contribution in [0.1, 0.15) is 382 Å². The van der Waals surface area contributed by atoms with Crippen molar-refractivity contribution in [3.05, 3.63) is 0 Å². The van der Waals surface area contributed by atoms with Gasteiger partial charge in [0.1, 0.15) is 19.3 Å². The van der Waals surface area contributed by atoms with Gasteiger partial charge < -0.3 is 33.8 Å². The summed E-state index contributed by atoms with van der Waals surface area (Å²) in [5, 5.41) is 10.6. The Morgan fingerprint density at radius 2 is 0.543 bits per heavy atom. The van der Waals surface area contributed by atoms with E-state index >= 15 is 0 Å². The minimum atomic E-state index is -4.96. The molecule has 0 saturated heterocycles. The highest BCUT2D eigenvalue weighted by Gasteiger charge is 2.30. The summed E-state index contributed by atoms with van der Waals surface area (Å²) in [5.41, 5.74) is 0. The van der Waals surface area contributed by atoms with Crippen molar-refractivity contribution in [2.75, 3.05) is 39.6 Å². The van der Waals surface area contributed by atoms with E-state index in [1.165, 1.54) is 186 Å². The lowest BCUT2D eigenvalue weighted by molar-refractivity contribution is -0.161. The van der Waals surface area contributed by atoms with Crippen LogP contribution in [0.25, 0.3) is 0 Å². The molecule has 0 aromatic carbocycles. The van der Waals surface area contributed by atoms with E-state index in [4.69, 9.17) is 37.0 Å². The Kier molecular flexibility index (Phi) is 64.3. The van der Waals surface area contributed by atoms with E-state index in [9.17, 15) is 43.2 Å². The van der Waals surface area contributed by atoms with Gasteiger partial charge in [-0.15, -0.1) is 0 Å². The fraction of sp³-hybridized carbons (Fsp3) is 0.947. The standard InChI is InChI=1S/C75H146O17P2/c1-8-10-11-12-13-14-15-16-20-23-30-35-44-51-58-75(80)92-71(63-86-73(78)57-50-43-38-37-40-47-54-67(5)6)65-90-94(83,84)88-61-69(76)60-87-93(81,82)89-64-70(62-85-72(77)56-49-42-34-29-26-25-28-33-41-48-55-68(7)9-2)91-74(79)59-52-45-36-31-24-21-18-17-19-22-27-32-39-46-53-66(3)4/h66-71,76H,8-65H2,1-7H3,(H,81,82)(H,83,84)/t68?,69-,70-,71-/m1/s1. The summed E-state index contributed by atoms with van der Waals surface area (Å²) in [6, 6.07) is 0. The molecule has 0 aliphatic rings. The number of phosphoric acid groups is 2. The van der Waals surface area contributed by atoms with Crippen molar-refractivity contribution in [1.29, 1.82) is 0 Å². The van der Waals surface area contributed by atoms with Crippen molar-refractivity contribution in [2.24, 2.45) is 17.8 Å². The number of phosphoric ester groups is 2. The smallest absolute Gasteiger partial charge is 0.462 e.